The highest BCUT2D eigenvalue weighted by molar-refractivity contribution is 4.76. The molecule has 0 fully saturated rings. The second kappa shape index (κ2) is 11.8. The van der Waals surface area contributed by atoms with Gasteiger partial charge in [0.1, 0.15) is 0 Å². The van der Waals surface area contributed by atoms with Crippen molar-refractivity contribution in [2.75, 3.05) is 20.6 Å². The molecule has 0 aliphatic rings. The largest absolute Gasteiger partial charge is 0.309 e. The second-order valence-electron chi connectivity index (χ2n) is 4.64. The van der Waals surface area contributed by atoms with Crippen LogP contribution in [0.1, 0.15) is 58.3 Å². The molecule has 1 nitrogen and oxygen atoms in total. The summed E-state index contributed by atoms with van der Waals surface area (Å²) in [6.45, 7) is 3.35. The van der Waals surface area contributed by atoms with Gasteiger partial charge in [0.15, 0.2) is 0 Å². The fourth-order valence-corrected chi connectivity index (χ4v) is 1.74. The highest BCUT2D eigenvalue weighted by atomic mass is 15.0. The third-order valence-corrected chi connectivity index (χ3v) is 2.71. The second-order valence-corrected chi connectivity index (χ2v) is 4.64. The molecular weight excluding hydrogens is 182 g/mol. The van der Waals surface area contributed by atoms with E-state index in [0.29, 0.717) is 0 Å². The maximum absolute atomic E-state index is 2.27. The van der Waals surface area contributed by atoms with Gasteiger partial charge in [-0.3, -0.25) is 0 Å². The molecule has 0 saturated heterocycles. The summed E-state index contributed by atoms with van der Waals surface area (Å²) in [5.41, 5.74) is 0. The zero-order chi connectivity index (χ0) is 11.4. The van der Waals surface area contributed by atoms with Gasteiger partial charge in [-0.1, -0.05) is 44.3 Å². The average molecular weight is 211 g/mol. The maximum atomic E-state index is 2.27. The number of allylic oxidation sites excluding steroid dienone is 2. The van der Waals surface area contributed by atoms with Gasteiger partial charge in [-0.25, -0.2) is 0 Å². The summed E-state index contributed by atoms with van der Waals surface area (Å²) >= 11 is 0. The van der Waals surface area contributed by atoms with Crippen LogP contribution in [0, 0.1) is 0 Å². The Hall–Kier alpha value is -0.300. The first-order chi connectivity index (χ1) is 7.27. The normalized spacial score (nSPS) is 11.7. The van der Waals surface area contributed by atoms with Gasteiger partial charge in [0, 0.05) is 0 Å². The van der Waals surface area contributed by atoms with Crippen LogP contribution in [0.15, 0.2) is 12.2 Å². The van der Waals surface area contributed by atoms with Gasteiger partial charge in [0.25, 0.3) is 0 Å². The zero-order valence-electron chi connectivity index (χ0n) is 11.0. The van der Waals surface area contributed by atoms with E-state index in [0.717, 1.165) is 0 Å². The van der Waals surface area contributed by atoms with Gasteiger partial charge in [0.2, 0.25) is 0 Å². The van der Waals surface area contributed by atoms with Crippen molar-refractivity contribution in [2.24, 2.45) is 0 Å². The summed E-state index contributed by atoms with van der Waals surface area (Å²) in [5.74, 6) is 0. The molecule has 1 heteroatoms. The third kappa shape index (κ3) is 13.7. The summed E-state index contributed by atoms with van der Waals surface area (Å²) < 4.78 is 0. The minimum atomic E-state index is 1.25. The van der Waals surface area contributed by atoms with E-state index < -0.39 is 0 Å². The van der Waals surface area contributed by atoms with E-state index in [1.165, 1.54) is 57.9 Å². The van der Waals surface area contributed by atoms with Gasteiger partial charge in [0.05, 0.1) is 0 Å². The van der Waals surface area contributed by atoms with E-state index in [1.54, 1.807) is 0 Å². The molecule has 0 atom stereocenters. The Morgan fingerprint density at radius 1 is 0.800 bits per heavy atom. The summed E-state index contributed by atoms with van der Waals surface area (Å²) in [5, 5.41) is 0. The minimum absolute atomic E-state index is 1.25. The molecule has 0 aliphatic carbocycles. The Balaban J connectivity index is 2.92. The lowest BCUT2D eigenvalue weighted by molar-refractivity contribution is 0.389. The van der Waals surface area contributed by atoms with Crippen LogP contribution >= 0.6 is 0 Å². The minimum Gasteiger partial charge on any atom is -0.309 e. The smallest absolute Gasteiger partial charge is 0.00248 e. The van der Waals surface area contributed by atoms with E-state index in [1.807, 2.05) is 0 Å². The first-order valence-electron chi connectivity index (χ1n) is 6.53. The fraction of sp³-hybridized carbons (Fsp3) is 0.857. The quantitative estimate of drug-likeness (QED) is 0.386. The summed E-state index contributed by atoms with van der Waals surface area (Å²) in [6, 6.07) is 0. The summed E-state index contributed by atoms with van der Waals surface area (Å²) in [6.07, 6.45) is 15.6. The number of nitrogens with zero attached hydrogens (tertiary/aromatic N) is 1. The van der Waals surface area contributed by atoms with Gasteiger partial charge in [-0.15, -0.1) is 0 Å². The molecule has 0 aromatic rings. The molecule has 0 heterocycles. The standard InChI is InChI=1S/C14H29N/c1-4-5-6-7-8-9-10-11-12-13-14-15(2)3/h4-5H,6-14H2,1-3H3/b5-4+. The van der Waals surface area contributed by atoms with Crippen LogP contribution in [0.4, 0.5) is 0 Å². The SMILES string of the molecule is C/C=C/CCCCCCCCCN(C)C. The Bertz CT molecular complexity index is 138. The fourth-order valence-electron chi connectivity index (χ4n) is 1.74. The van der Waals surface area contributed by atoms with Crippen molar-refractivity contribution in [2.45, 2.75) is 58.3 Å². The van der Waals surface area contributed by atoms with Crippen molar-refractivity contribution < 1.29 is 0 Å². The molecule has 90 valence electrons. The molecule has 0 unspecified atom stereocenters. The van der Waals surface area contributed by atoms with Crippen molar-refractivity contribution in [1.82, 2.24) is 4.90 Å². The van der Waals surface area contributed by atoms with Crippen LogP contribution in [0.5, 0.6) is 0 Å². The zero-order valence-corrected chi connectivity index (χ0v) is 11.0. The highest BCUT2D eigenvalue weighted by Crippen LogP contribution is 2.08. The van der Waals surface area contributed by atoms with Crippen molar-refractivity contribution in [3.63, 3.8) is 0 Å². The Kier molecular flexibility index (Phi) is 11.5. The Morgan fingerprint density at radius 3 is 1.87 bits per heavy atom. The van der Waals surface area contributed by atoms with Gasteiger partial charge in [-0.2, -0.15) is 0 Å². The predicted molar refractivity (Wildman–Crippen MR) is 70.3 cm³/mol. The highest BCUT2D eigenvalue weighted by Gasteiger charge is 1.92. The Morgan fingerprint density at radius 2 is 1.33 bits per heavy atom. The number of hydrogen-bond donors (Lipinski definition) is 0. The number of unbranched alkanes of at least 4 members (excludes halogenated alkanes) is 7. The average Bonchev–Trinajstić information content (AvgIpc) is 2.20. The molecule has 0 bridgehead atoms. The van der Waals surface area contributed by atoms with Crippen LogP contribution < -0.4 is 0 Å². The maximum Gasteiger partial charge on any atom is -0.00248 e. The lowest BCUT2D eigenvalue weighted by Crippen LogP contribution is -2.12. The first-order valence-corrected chi connectivity index (χ1v) is 6.53. The molecule has 0 aromatic carbocycles. The third-order valence-electron chi connectivity index (χ3n) is 2.71. The molecule has 0 rings (SSSR count). The lowest BCUT2D eigenvalue weighted by atomic mass is 10.1. The summed E-state index contributed by atoms with van der Waals surface area (Å²) in [7, 11) is 4.31. The topological polar surface area (TPSA) is 3.24 Å². The van der Waals surface area contributed by atoms with Gasteiger partial charge in [-0.05, 0) is 46.8 Å². The molecule has 0 N–H and O–H groups in total. The molecule has 0 radical (unpaired) electrons. The van der Waals surface area contributed by atoms with Crippen molar-refractivity contribution >= 4 is 0 Å². The molecule has 0 saturated carbocycles. The number of hydrogen-bond acceptors (Lipinski definition) is 1. The molecule has 0 amide bonds. The van der Waals surface area contributed by atoms with Gasteiger partial charge >= 0.3 is 0 Å². The lowest BCUT2D eigenvalue weighted by Gasteiger charge is -2.08. The molecule has 0 aliphatic heterocycles. The molecule has 0 spiro atoms. The van der Waals surface area contributed by atoms with Crippen molar-refractivity contribution in [3.05, 3.63) is 12.2 Å². The van der Waals surface area contributed by atoms with Crippen LogP contribution in [0.25, 0.3) is 0 Å². The van der Waals surface area contributed by atoms with Crippen LogP contribution in [-0.4, -0.2) is 25.5 Å². The van der Waals surface area contributed by atoms with Crippen LogP contribution in [0.2, 0.25) is 0 Å². The van der Waals surface area contributed by atoms with E-state index in [4.69, 9.17) is 0 Å². The first kappa shape index (κ1) is 14.7. The van der Waals surface area contributed by atoms with Crippen LogP contribution in [0.3, 0.4) is 0 Å². The number of rotatable bonds is 10. The van der Waals surface area contributed by atoms with E-state index >= 15 is 0 Å². The van der Waals surface area contributed by atoms with Crippen molar-refractivity contribution in [1.29, 1.82) is 0 Å². The van der Waals surface area contributed by atoms with E-state index in [9.17, 15) is 0 Å². The van der Waals surface area contributed by atoms with Crippen molar-refractivity contribution in [3.8, 4) is 0 Å². The summed E-state index contributed by atoms with van der Waals surface area (Å²) in [4.78, 5) is 2.27. The predicted octanol–water partition coefficient (Wildman–Crippen LogP) is 4.24. The molecule has 0 aromatic heterocycles. The Labute approximate surface area is 96.6 Å². The molecular formula is C14H29N. The van der Waals surface area contributed by atoms with E-state index in [-0.39, 0.29) is 0 Å². The van der Waals surface area contributed by atoms with E-state index in [2.05, 4.69) is 38.1 Å². The molecule has 15 heavy (non-hydrogen) atoms. The monoisotopic (exact) mass is 211 g/mol. The van der Waals surface area contributed by atoms with Crippen LogP contribution in [-0.2, 0) is 0 Å². The van der Waals surface area contributed by atoms with Gasteiger partial charge < -0.3 is 4.90 Å².